The van der Waals surface area contributed by atoms with Crippen LogP contribution in [0.25, 0.3) is 0 Å². The van der Waals surface area contributed by atoms with Gasteiger partial charge in [-0.15, -0.1) is 0 Å². The zero-order valence-electron chi connectivity index (χ0n) is 18.2. The summed E-state index contributed by atoms with van der Waals surface area (Å²) < 4.78 is 20.7. The molecule has 0 aliphatic heterocycles. The summed E-state index contributed by atoms with van der Waals surface area (Å²) in [6.45, 7) is 2.51. The van der Waals surface area contributed by atoms with E-state index in [1.807, 2.05) is 7.05 Å². The summed E-state index contributed by atoms with van der Waals surface area (Å²) >= 11 is 0. The van der Waals surface area contributed by atoms with Crippen LogP contribution in [-0.2, 0) is 11.8 Å². The lowest BCUT2D eigenvalue weighted by molar-refractivity contribution is -0.120. The van der Waals surface area contributed by atoms with Crippen LogP contribution in [0.4, 0.5) is 4.39 Å². The summed E-state index contributed by atoms with van der Waals surface area (Å²) in [5.74, 6) is 0.165. The zero-order valence-corrected chi connectivity index (χ0v) is 18.2. The van der Waals surface area contributed by atoms with Crippen molar-refractivity contribution in [2.75, 3.05) is 13.2 Å². The van der Waals surface area contributed by atoms with Gasteiger partial charge in [-0.3, -0.25) is 9.59 Å². The van der Waals surface area contributed by atoms with Crippen molar-refractivity contribution in [3.8, 4) is 5.75 Å². The van der Waals surface area contributed by atoms with Gasteiger partial charge in [0.2, 0.25) is 5.91 Å². The quantitative estimate of drug-likeness (QED) is 0.475. The van der Waals surface area contributed by atoms with Gasteiger partial charge in [0.25, 0.3) is 5.91 Å². The van der Waals surface area contributed by atoms with Crippen molar-refractivity contribution in [2.45, 2.75) is 25.8 Å². The summed E-state index contributed by atoms with van der Waals surface area (Å²) in [4.78, 5) is 29.3. The number of aryl methyl sites for hydroxylation is 1. The zero-order chi connectivity index (χ0) is 22.9. The lowest BCUT2D eigenvalue weighted by Gasteiger charge is -2.19. The van der Waals surface area contributed by atoms with Crippen LogP contribution in [0.3, 0.4) is 0 Å². The van der Waals surface area contributed by atoms with Gasteiger partial charge in [0.05, 0.1) is 13.2 Å². The molecule has 168 valence electrons. The molecule has 2 N–H and O–H groups in total. The van der Waals surface area contributed by atoms with E-state index in [0.717, 1.165) is 12.8 Å². The van der Waals surface area contributed by atoms with Crippen molar-refractivity contribution in [1.29, 1.82) is 0 Å². The minimum Gasteiger partial charge on any atom is -0.494 e. The summed E-state index contributed by atoms with van der Waals surface area (Å²) in [6.07, 6.45) is 5.39. The smallest absolute Gasteiger partial charge is 0.251 e. The number of aromatic nitrogens is 2. The third-order valence-electron chi connectivity index (χ3n) is 4.92. The maximum Gasteiger partial charge on any atom is 0.251 e. The van der Waals surface area contributed by atoms with Crippen LogP contribution in [0.15, 0.2) is 60.9 Å². The van der Waals surface area contributed by atoms with Gasteiger partial charge in [0, 0.05) is 25.0 Å². The van der Waals surface area contributed by atoms with Crippen LogP contribution >= 0.6 is 0 Å². The highest BCUT2D eigenvalue weighted by atomic mass is 19.1. The van der Waals surface area contributed by atoms with Gasteiger partial charge in [0.1, 0.15) is 23.4 Å². The number of imidazole rings is 1. The number of carbonyl (C=O) groups excluding carboxylic acids is 2. The number of hydrogen-bond acceptors (Lipinski definition) is 4. The number of carbonyl (C=O) groups is 2. The van der Waals surface area contributed by atoms with Gasteiger partial charge in [-0.2, -0.15) is 0 Å². The molecule has 8 heteroatoms. The van der Waals surface area contributed by atoms with Crippen LogP contribution in [0.5, 0.6) is 5.75 Å². The van der Waals surface area contributed by atoms with E-state index in [4.69, 9.17) is 4.74 Å². The van der Waals surface area contributed by atoms with E-state index < -0.39 is 11.9 Å². The average Bonchev–Trinajstić information content (AvgIpc) is 3.22. The predicted molar refractivity (Wildman–Crippen MR) is 119 cm³/mol. The lowest BCUT2D eigenvalue weighted by Crippen LogP contribution is -2.39. The van der Waals surface area contributed by atoms with Gasteiger partial charge in [-0.25, -0.2) is 9.37 Å². The van der Waals surface area contributed by atoms with Gasteiger partial charge < -0.3 is 19.9 Å². The molecule has 32 heavy (non-hydrogen) atoms. The molecule has 0 saturated heterocycles. The van der Waals surface area contributed by atoms with Gasteiger partial charge in [-0.1, -0.05) is 25.5 Å². The molecule has 0 aliphatic rings. The van der Waals surface area contributed by atoms with E-state index in [0.29, 0.717) is 29.3 Å². The summed E-state index contributed by atoms with van der Waals surface area (Å²) in [5.41, 5.74) is 1.11. The van der Waals surface area contributed by atoms with E-state index in [1.54, 1.807) is 53.4 Å². The first-order valence-electron chi connectivity index (χ1n) is 10.5. The van der Waals surface area contributed by atoms with Gasteiger partial charge in [-0.05, 0) is 48.4 Å². The van der Waals surface area contributed by atoms with Crippen LogP contribution in [0, 0.1) is 5.82 Å². The van der Waals surface area contributed by atoms with Crippen molar-refractivity contribution in [3.05, 3.63) is 83.7 Å². The Labute approximate surface area is 186 Å². The summed E-state index contributed by atoms with van der Waals surface area (Å²) in [6, 6.07) is 12.0. The Kier molecular flexibility index (Phi) is 7.96. The Morgan fingerprint density at radius 2 is 1.84 bits per heavy atom. The monoisotopic (exact) mass is 438 g/mol. The normalized spacial score (nSPS) is 11.6. The number of nitrogens with zero attached hydrogens (tertiary/aromatic N) is 2. The van der Waals surface area contributed by atoms with Crippen molar-refractivity contribution in [1.82, 2.24) is 20.2 Å². The third kappa shape index (κ3) is 6.16. The second-order valence-electron chi connectivity index (χ2n) is 7.36. The standard InChI is InChI=1S/C24H27FN4O3/c1-3-4-15-32-20-11-7-18(8-12-20)24(31)27-16-21(30)28-22(23-26-13-14-29(23)2)17-5-9-19(25)10-6-17/h5-14,22H,3-4,15-16H2,1-2H3,(H,27,31)(H,28,30). The molecule has 0 radical (unpaired) electrons. The summed E-state index contributed by atoms with van der Waals surface area (Å²) in [5, 5.41) is 5.48. The molecule has 0 fully saturated rings. The molecule has 0 bridgehead atoms. The van der Waals surface area contributed by atoms with Crippen LogP contribution in [0.2, 0.25) is 0 Å². The number of amides is 2. The van der Waals surface area contributed by atoms with Crippen LogP contribution in [0.1, 0.15) is 47.6 Å². The Morgan fingerprint density at radius 1 is 1.12 bits per heavy atom. The maximum atomic E-state index is 13.3. The third-order valence-corrected chi connectivity index (χ3v) is 4.92. The Hall–Kier alpha value is -3.68. The lowest BCUT2D eigenvalue weighted by atomic mass is 10.1. The molecule has 3 rings (SSSR count). The molecule has 3 aromatic rings. The minimum atomic E-state index is -0.584. The fourth-order valence-corrected chi connectivity index (χ4v) is 3.12. The number of unbranched alkanes of at least 4 members (excludes halogenated alkanes) is 1. The Balaban J connectivity index is 1.59. The average molecular weight is 439 g/mol. The first-order chi connectivity index (χ1) is 15.5. The highest BCUT2D eigenvalue weighted by Crippen LogP contribution is 2.20. The highest BCUT2D eigenvalue weighted by Gasteiger charge is 2.21. The molecule has 1 heterocycles. The van der Waals surface area contributed by atoms with Crippen molar-refractivity contribution in [3.63, 3.8) is 0 Å². The largest absolute Gasteiger partial charge is 0.494 e. The molecule has 7 nitrogen and oxygen atoms in total. The predicted octanol–water partition coefficient (Wildman–Crippen LogP) is 3.37. The minimum absolute atomic E-state index is 0.213. The van der Waals surface area contributed by atoms with E-state index in [2.05, 4.69) is 22.5 Å². The number of nitrogens with one attached hydrogen (secondary N) is 2. The topological polar surface area (TPSA) is 85.2 Å². The van der Waals surface area contributed by atoms with Crippen molar-refractivity contribution in [2.24, 2.45) is 7.05 Å². The van der Waals surface area contributed by atoms with E-state index in [1.165, 1.54) is 12.1 Å². The molecule has 2 amide bonds. The SMILES string of the molecule is CCCCOc1ccc(C(=O)NCC(=O)NC(c2ccc(F)cc2)c2nccn2C)cc1. The highest BCUT2D eigenvalue weighted by molar-refractivity contribution is 5.96. The fraction of sp³-hybridized carbons (Fsp3) is 0.292. The molecule has 1 unspecified atom stereocenters. The first kappa shape index (κ1) is 23.0. The molecule has 2 aromatic carbocycles. The first-order valence-corrected chi connectivity index (χ1v) is 10.5. The number of benzene rings is 2. The fourth-order valence-electron chi connectivity index (χ4n) is 3.12. The maximum absolute atomic E-state index is 13.3. The molecule has 0 spiro atoms. The molecule has 0 aliphatic carbocycles. The van der Waals surface area contributed by atoms with Crippen molar-refractivity contribution >= 4 is 11.8 Å². The summed E-state index contributed by atoms with van der Waals surface area (Å²) in [7, 11) is 1.81. The molecule has 0 saturated carbocycles. The number of halogens is 1. The van der Waals surface area contributed by atoms with Crippen LogP contribution in [-0.4, -0.2) is 34.5 Å². The van der Waals surface area contributed by atoms with Crippen molar-refractivity contribution < 1.29 is 18.7 Å². The molecular formula is C24H27FN4O3. The Morgan fingerprint density at radius 3 is 2.47 bits per heavy atom. The number of rotatable bonds is 10. The Bertz CT molecular complexity index is 1030. The molecule has 1 aromatic heterocycles. The van der Waals surface area contributed by atoms with E-state index >= 15 is 0 Å². The van der Waals surface area contributed by atoms with E-state index in [-0.39, 0.29) is 18.3 Å². The number of ether oxygens (including phenoxy) is 1. The van der Waals surface area contributed by atoms with Crippen LogP contribution < -0.4 is 15.4 Å². The second-order valence-corrected chi connectivity index (χ2v) is 7.36. The van der Waals surface area contributed by atoms with Gasteiger partial charge >= 0.3 is 0 Å². The second kappa shape index (κ2) is 11.1. The molecular weight excluding hydrogens is 411 g/mol. The van der Waals surface area contributed by atoms with E-state index in [9.17, 15) is 14.0 Å². The molecule has 1 atom stereocenters. The van der Waals surface area contributed by atoms with Gasteiger partial charge in [0.15, 0.2) is 0 Å². The number of hydrogen-bond donors (Lipinski definition) is 2.